The average Bonchev–Trinajstić information content (AvgIpc) is 3.23. The fraction of sp³-hybridized carbons (Fsp3) is 0.692. The summed E-state index contributed by atoms with van der Waals surface area (Å²) in [6, 6.07) is 0.0473. The van der Waals surface area contributed by atoms with Gasteiger partial charge < -0.3 is 30.6 Å². The van der Waals surface area contributed by atoms with Gasteiger partial charge in [0.15, 0.2) is 0 Å². The standard InChI is InChI=1S/C26H41N5O6/c1-16(2)14-36-23-20(13-28-31(23)10-9-26(3,4)30-25(34)35-5)22(32)29-21-18-7-6-8-19(21)12-17(11-18)15-37-24(27)33/h9-10,13,16-19,21H,6-8,11-12,14-15H2,1-5H3,(H2,27,33)(H,29,32)(H,30,34)/b10-9+/t17-,18?,19?,21-. The minimum Gasteiger partial charge on any atom is -0.477 e. The van der Waals surface area contributed by atoms with Crippen LogP contribution in [0.5, 0.6) is 5.88 Å². The Bertz CT molecular complexity index is 974. The molecule has 0 spiro atoms. The topological polar surface area (TPSA) is 147 Å². The van der Waals surface area contributed by atoms with Crippen molar-refractivity contribution in [3.63, 3.8) is 0 Å². The van der Waals surface area contributed by atoms with Crippen LogP contribution in [0.2, 0.25) is 0 Å². The van der Waals surface area contributed by atoms with Gasteiger partial charge in [-0.15, -0.1) is 0 Å². The Balaban J connectivity index is 1.76. The van der Waals surface area contributed by atoms with Crippen LogP contribution in [0.3, 0.4) is 0 Å². The number of nitrogens with one attached hydrogen (secondary N) is 2. The molecule has 11 heteroatoms. The summed E-state index contributed by atoms with van der Waals surface area (Å²) in [4.78, 5) is 36.2. The molecule has 0 radical (unpaired) electrons. The molecule has 2 saturated carbocycles. The molecule has 2 aliphatic rings. The zero-order valence-corrected chi connectivity index (χ0v) is 22.5. The second-order valence-electron chi connectivity index (χ2n) is 11.1. The van der Waals surface area contributed by atoms with Crippen molar-refractivity contribution in [1.29, 1.82) is 0 Å². The van der Waals surface area contributed by atoms with Gasteiger partial charge >= 0.3 is 12.2 Å². The summed E-state index contributed by atoms with van der Waals surface area (Å²) in [6.07, 6.45) is 8.58. The Morgan fingerprint density at radius 1 is 1.24 bits per heavy atom. The Labute approximate surface area is 218 Å². The first-order chi connectivity index (χ1) is 17.5. The molecule has 206 valence electrons. The molecule has 2 unspecified atom stereocenters. The number of carbonyl (C=O) groups excluding carboxylic acids is 3. The monoisotopic (exact) mass is 519 g/mol. The summed E-state index contributed by atoms with van der Waals surface area (Å²) >= 11 is 0. The number of nitrogens with two attached hydrogens (primary N) is 1. The van der Waals surface area contributed by atoms with Gasteiger partial charge in [0.2, 0.25) is 5.88 Å². The number of hydrogen-bond acceptors (Lipinski definition) is 7. The van der Waals surface area contributed by atoms with Gasteiger partial charge in [0, 0.05) is 12.2 Å². The van der Waals surface area contributed by atoms with Crippen molar-refractivity contribution in [2.24, 2.45) is 29.4 Å². The zero-order chi connectivity index (χ0) is 27.2. The highest BCUT2D eigenvalue weighted by molar-refractivity contribution is 5.96. The van der Waals surface area contributed by atoms with Gasteiger partial charge in [-0.3, -0.25) is 4.79 Å². The van der Waals surface area contributed by atoms with Crippen molar-refractivity contribution in [3.05, 3.63) is 17.8 Å². The SMILES string of the molecule is COC(=O)NC(C)(C)/C=C/n1ncc(C(=O)N[C@H]2C3CCCC2C[C@@H](COC(N)=O)C3)c1OCC(C)C. The predicted octanol–water partition coefficient (Wildman–Crippen LogP) is 3.54. The van der Waals surface area contributed by atoms with E-state index in [1.807, 2.05) is 27.7 Å². The normalized spacial score (nSPS) is 23.5. The van der Waals surface area contributed by atoms with Crippen molar-refractivity contribution < 1.29 is 28.6 Å². The van der Waals surface area contributed by atoms with Gasteiger partial charge in [0.25, 0.3) is 5.91 Å². The van der Waals surface area contributed by atoms with Crippen LogP contribution in [0, 0.1) is 23.7 Å². The maximum atomic E-state index is 13.5. The summed E-state index contributed by atoms with van der Waals surface area (Å²) < 4.78 is 17.3. The van der Waals surface area contributed by atoms with E-state index in [2.05, 4.69) is 20.5 Å². The highest BCUT2D eigenvalue weighted by atomic mass is 16.5. The predicted molar refractivity (Wildman–Crippen MR) is 138 cm³/mol. The van der Waals surface area contributed by atoms with Gasteiger partial charge in [0.1, 0.15) is 5.56 Å². The van der Waals surface area contributed by atoms with Crippen molar-refractivity contribution >= 4 is 24.3 Å². The lowest BCUT2D eigenvalue weighted by Crippen LogP contribution is -2.51. The minimum atomic E-state index is -0.745. The lowest BCUT2D eigenvalue weighted by atomic mass is 9.65. The third kappa shape index (κ3) is 7.87. The Morgan fingerprint density at radius 3 is 2.51 bits per heavy atom. The number of carbonyl (C=O) groups is 3. The van der Waals surface area contributed by atoms with Crippen LogP contribution in [-0.2, 0) is 9.47 Å². The third-order valence-electron chi connectivity index (χ3n) is 6.99. The van der Waals surface area contributed by atoms with E-state index in [-0.39, 0.29) is 23.8 Å². The van der Waals surface area contributed by atoms with Gasteiger partial charge in [-0.1, -0.05) is 20.3 Å². The quantitative estimate of drug-likeness (QED) is 0.428. The van der Waals surface area contributed by atoms with Crippen molar-refractivity contribution in [2.45, 2.75) is 71.4 Å². The van der Waals surface area contributed by atoms with Gasteiger partial charge in [-0.05, 0) is 69.3 Å². The van der Waals surface area contributed by atoms with Crippen LogP contribution in [-0.4, -0.2) is 59.8 Å². The molecule has 0 aliphatic heterocycles. The van der Waals surface area contributed by atoms with Crippen LogP contribution < -0.4 is 21.1 Å². The number of ether oxygens (including phenoxy) is 3. The molecule has 1 aromatic heterocycles. The molecule has 0 aromatic carbocycles. The number of rotatable bonds is 10. The van der Waals surface area contributed by atoms with E-state index in [0.717, 1.165) is 32.1 Å². The number of primary amides is 1. The van der Waals surface area contributed by atoms with Crippen LogP contribution in [0.25, 0.3) is 6.20 Å². The van der Waals surface area contributed by atoms with Crippen molar-refractivity contribution in [3.8, 4) is 5.88 Å². The number of alkyl carbamates (subject to hydrolysis) is 1. The van der Waals surface area contributed by atoms with E-state index in [0.29, 0.717) is 36.5 Å². The maximum Gasteiger partial charge on any atom is 0.407 e. The molecule has 4 N–H and O–H groups in total. The van der Waals surface area contributed by atoms with E-state index in [1.165, 1.54) is 18.0 Å². The van der Waals surface area contributed by atoms with E-state index >= 15 is 0 Å². The van der Waals surface area contributed by atoms with Crippen molar-refractivity contribution in [1.82, 2.24) is 20.4 Å². The number of methoxy groups -OCH3 is 1. The molecular weight excluding hydrogens is 478 g/mol. The van der Waals surface area contributed by atoms with Gasteiger partial charge in [0.05, 0.1) is 32.1 Å². The van der Waals surface area contributed by atoms with Crippen LogP contribution in [0.4, 0.5) is 9.59 Å². The van der Waals surface area contributed by atoms with Crippen LogP contribution in [0.1, 0.15) is 70.2 Å². The molecule has 1 aromatic rings. The Kier molecular flexibility index (Phi) is 9.45. The minimum absolute atomic E-state index is 0.0473. The first-order valence-corrected chi connectivity index (χ1v) is 13.0. The summed E-state index contributed by atoms with van der Waals surface area (Å²) in [5, 5.41) is 10.4. The second kappa shape index (κ2) is 12.3. The first kappa shape index (κ1) is 28.3. The largest absolute Gasteiger partial charge is 0.477 e. The van der Waals surface area contributed by atoms with Gasteiger partial charge in [-0.25, -0.2) is 14.3 Å². The van der Waals surface area contributed by atoms with Crippen LogP contribution in [0.15, 0.2) is 12.3 Å². The molecule has 2 bridgehead atoms. The first-order valence-electron chi connectivity index (χ1n) is 13.0. The van der Waals surface area contributed by atoms with E-state index in [1.54, 1.807) is 12.3 Å². The lowest BCUT2D eigenvalue weighted by molar-refractivity contribution is 0.0440. The highest BCUT2D eigenvalue weighted by Crippen LogP contribution is 2.43. The fourth-order valence-electron chi connectivity index (χ4n) is 5.28. The maximum absolute atomic E-state index is 13.5. The molecule has 1 heterocycles. The lowest BCUT2D eigenvalue weighted by Gasteiger charge is -2.45. The Morgan fingerprint density at radius 2 is 1.92 bits per heavy atom. The van der Waals surface area contributed by atoms with E-state index in [4.69, 9.17) is 15.2 Å². The summed E-state index contributed by atoms with van der Waals surface area (Å²) in [7, 11) is 1.31. The Hall–Kier alpha value is -3.24. The van der Waals surface area contributed by atoms with Crippen molar-refractivity contribution in [2.75, 3.05) is 20.3 Å². The number of nitrogens with zero attached hydrogens (tertiary/aromatic N) is 2. The third-order valence-corrected chi connectivity index (χ3v) is 6.99. The molecular formula is C26H41N5O6. The molecule has 0 saturated heterocycles. The van der Waals surface area contributed by atoms with Gasteiger partial charge in [-0.2, -0.15) is 5.10 Å². The van der Waals surface area contributed by atoms with Crippen LogP contribution >= 0.6 is 0 Å². The molecule has 2 aliphatic carbocycles. The summed E-state index contributed by atoms with van der Waals surface area (Å²) in [5.74, 6) is 1.27. The number of aromatic nitrogens is 2. The van der Waals surface area contributed by atoms with E-state index < -0.39 is 17.7 Å². The van der Waals surface area contributed by atoms with E-state index in [9.17, 15) is 14.4 Å². The average molecular weight is 520 g/mol. The summed E-state index contributed by atoms with van der Waals surface area (Å²) in [5.41, 5.74) is 4.79. The molecule has 11 nitrogen and oxygen atoms in total. The zero-order valence-electron chi connectivity index (χ0n) is 22.5. The summed E-state index contributed by atoms with van der Waals surface area (Å²) in [6.45, 7) is 8.43. The molecule has 2 fully saturated rings. The molecule has 3 amide bonds. The highest BCUT2D eigenvalue weighted by Gasteiger charge is 2.41. The molecule has 37 heavy (non-hydrogen) atoms. The molecule has 3 rings (SSSR count). The number of amides is 3. The second-order valence-corrected chi connectivity index (χ2v) is 11.1. The number of hydrogen-bond donors (Lipinski definition) is 3. The molecule has 2 atom stereocenters. The number of fused-ring (bicyclic) bond motifs is 2. The smallest absolute Gasteiger partial charge is 0.407 e. The fourth-order valence-corrected chi connectivity index (χ4v) is 5.28.